The molecule has 0 atom stereocenters. The Morgan fingerprint density at radius 2 is 1.86 bits per heavy atom. The summed E-state index contributed by atoms with van der Waals surface area (Å²) in [7, 11) is 3.25. The smallest absolute Gasteiger partial charge is 0.180 e. The molecule has 0 saturated heterocycles. The van der Waals surface area contributed by atoms with Gasteiger partial charge >= 0.3 is 0 Å². The van der Waals surface area contributed by atoms with E-state index in [9.17, 15) is 8.78 Å². The van der Waals surface area contributed by atoms with E-state index in [1.807, 2.05) is 18.2 Å². The number of methoxy groups -OCH3 is 1. The van der Waals surface area contributed by atoms with E-state index in [4.69, 9.17) is 4.74 Å². The summed E-state index contributed by atoms with van der Waals surface area (Å²) in [6.45, 7) is 0. The van der Waals surface area contributed by atoms with Gasteiger partial charge in [0.2, 0.25) is 0 Å². The molecule has 2 aromatic carbocycles. The van der Waals surface area contributed by atoms with Crippen LogP contribution in [0.5, 0.6) is 5.75 Å². The fourth-order valence-electron chi connectivity index (χ4n) is 3.04. The van der Waals surface area contributed by atoms with Crippen molar-refractivity contribution in [1.82, 2.24) is 15.0 Å². The Morgan fingerprint density at radius 1 is 1.00 bits per heavy atom. The number of pyridine rings is 1. The molecule has 0 radical (unpaired) electrons. The molecular weight excluding hydrogens is 362 g/mol. The van der Waals surface area contributed by atoms with Gasteiger partial charge in [-0.1, -0.05) is 6.07 Å². The van der Waals surface area contributed by atoms with Gasteiger partial charge in [-0.2, -0.15) is 0 Å². The number of hydrogen-bond donors (Lipinski definition) is 1. The van der Waals surface area contributed by atoms with Gasteiger partial charge in [-0.05, 0) is 42.0 Å². The highest BCUT2D eigenvalue weighted by Gasteiger charge is 2.16. The minimum absolute atomic E-state index is 0.262. The first kappa shape index (κ1) is 17.8. The van der Waals surface area contributed by atoms with Gasteiger partial charge < -0.3 is 10.1 Å². The first-order valence-corrected chi connectivity index (χ1v) is 8.55. The van der Waals surface area contributed by atoms with Crippen molar-refractivity contribution in [3.05, 3.63) is 66.4 Å². The second-order valence-corrected chi connectivity index (χ2v) is 6.06. The van der Waals surface area contributed by atoms with Crippen LogP contribution in [0.2, 0.25) is 0 Å². The van der Waals surface area contributed by atoms with Crippen LogP contribution in [-0.4, -0.2) is 29.1 Å². The summed E-state index contributed by atoms with van der Waals surface area (Å²) in [4.78, 5) is 13.4. The van der Waals surface area contributed by atoms with Crippen molar-refractivity contribution in [3.63, 3.8) is 0 Å². The summed E-state index contributed by atoms with van der Waals surface area (Å²) in [5.74, 6) is 0.156. The number of anilines is 1. The van der Waals surface area contributed by atoms with E-state index in [-0.39, 0.29) is 5.56 Å². The molecule has 0 spiro atoms. The van der Waals surface area contributed by atoms with E-state index in [1.54, 1.807) is 25.4 Å². The quantitative estimate of drug-likeness (QED) is 0.558. The van der Waals surface area contributed by atoms with Gasteiger partial charge in [0.05, 0.1) is 7.11 Å². The van der Waals surface area contributed by atoms with Crippen LogP contribution in [0.25, 0.3) is 33.5 Å². The van der Waals surface area contributed by atoms with E-state index in [1.165, 1.54) is 19.2 Å². The molecule has 0 bridgehead atoms. The molecule has 4 rings (SSSR count). The number of nitrogens with zero attached hydrogens (tertiary/aromatic N) is 3. The molecule has 2 aromatic heterocycles. The van der Waals surface area contributed by atoms with Crippen molar-refractivity contribution in [2.45, 2.75) is 0 Å². The summed E-state index contributed by atoms with van der Waals surface area (Å²) in [6.07, 6.45) is 1.67. The van der Waals surface area contributed by atoms with E-state index in [0.29, 0.717) is 39.6 Å². The molecule has 0 amide bonds. The van der Waals surface area contributed by atoms with Crippen LogP contribution in [0.4, 0.5) is 14.6 Å². The molecule has 0 aliphatic rings. The topological polar surface area (TPSA) is 59.9 Å². The maximum Gasteiger partial charge on any atom is 0.180 e. The molecular formula is C21H16F2N4O. The summed E-state index contributed by atoms with van der Waals surface area (Å²) in [5.41, 5.74) is 1.98. The lowest BCUT2D eigenvalue weighted by atomic mass is 10.0. The standard InChI is InChI=1S/C21H16F2N4O/c1-24-20-15-9-12(14-7-6-13(22)11-16(14)23)10-18(28-2)19(15)26-21(27-20)17-5-3-4-8-25-17/h3-11H,1-2H3,(H,24,26,27). The van der Waals surface area contributed by atoms with Gasteiger partial charge in [-0.25, -0.2) is 18.7 Å². The maximum absolute atomic E-state index is 14.3. The van der Waals surface area contributed by atoms with Crippen molar-refractivity contribution in [2.75, 3.05) is 19.5 Å². The molecule has 2 heterocycles. The lowest BCUT2D eigenvalue weighted by molar-refractivity contribution is 0.419. The van der Waals surface area contributed by atoms with Crippen molar-refractivity contribution in [3.8, 4) is 28.4 Å². The predicted octanol–water partition coefficient (Wildman–Crippen LogP) is 4.69. The molecule has 1 N–H and O–H groups in total. The Morgan fingerprint density at radius 3 is 2.54 bits per heavy atom. The number of hydrogen-bond acceptors (Lipinski definition) is 5. The number of benzene rings is 2. The first-order valence-electron chi connectivity index (χ1n) is 8.55. The molecule has 4 aromatic rings. The maximum atomic E-state index is 14.3. The van der Waals surface area contributed by atoms with Crippen LogP contribution < -0.4 is 10.1 Å². The molecule has 0 saturated carbocycles. The summed E-state index contributed by atoms with van der Waals surface area (Å²) in [5, 5.41) is 3.70. The van der Waals surface area contributed by atoms with Crippen molar-refractivity contribution in [1.29, 1.82) is 0 Å². The monoisotopic (exact) mass is 378 g/mol. The van der Waals surface area contributed by atoms with Crippen LogP contribution in [-0.2, 0) is 0 Å². The number of ether oxygens (including phenoxy) is 1. The van der Waals surface area contributed by atoms with Gasteiger partial charge in [-0.15, -0.1) is 0 Å². The number of halogens is 2. The van der Waals surface area contributed by atoms with E-state index in [0.717, 1.165) is 6.07 Å². The van der Waals surface area contributed by atoms with Crippen LogP contribution >= 0.6 is 0 Å². The number of nitrogens with one attached hydrogen (secondary N) is 1. The van der Waals surface area contributed by atoms with Gasteiger partial charge in [-0.3, -0.25) is 4.98 Å². The lowest BCUT2D eigenvalue weighted by Crippen LogP contribution is -2.01. The van der Waals surface area contributed by atoms with Crippen LogP contribution in [0.1, 0.15) is 0 Å². The minimum atomic E-state index is -0.654. The highest BCUT2D eigenvalue weighted by atomic mass is 19.1. The zero-order valence-corrected chi connectivity index (χ0v) is 15.2. The Bertz CT molecular complexity index is 1170. The zero-order chi connectivity index (χ0) is 19.7. The van der Waals surface area contributed by atoms with Crippen LogP contribution in [0.15, 0.2) is 54.7 Å². The van der Waals surface area contributed by atoms with Gasteiger partial charge in [0.1, 0.15) is 34.4 Å². The average Bonchev–Trinajstić information content (AvgIpc) is 2.72. The van der Waals surface area contributed by atoms with Crippen molar-refractivity contribution in [2.24, 2.45) is 0 Å². The average molecular weight is 378 g/mol. The Balaban J connectivity index is 1.98. The summed E-state index contributed by atoms with van der Waals surface area (Å²) >= 11 is 0. The Hall–Kier alpha value is -3.61. The lowest BCUT2D eigenvalue weighted by Gasteiger charge is -2.13. The van der Waals surface area contributed by atoms with Crippen molar-refractivity contribution >= 4 is 16.7 Å². The molecule has 28 heavy (non-hydrogen) atoms. The summed E-state index contributed by atoms with van der Waals surface area (Å²) < 4.78 is 33.1. The fraction of sp³-hybridized carbons (Fsp3) is 0.0952. The largest absolute Gasteiger partial charge is 0.494 e. The molecule has 7 heteroatoms. The van der Waals surface area contributed by atoms with E-state index < -0.39 is 11.6 Å². The Labute approximate surface area is 160 Å². The summed E-state index contributed by atoms with van der Waals surface area (Å²) in [6, 6.07) is 12.4. The third kappa shape index (κ3) is 3.11. The zero-order valence-electron chi connectivity index (χ0n) is 15.2. The molecule has 140 valence electrons. The van der Waals surface area contributed by atoms with Crippen LogP contribution in [0, 0.1) is 11.6 Å². The molecule has 0 aliphatic carbocycles. The molecule has 0 unspecified atom stereocenters. The number of aromatic nitrogens is 3. The van der Waals surface area contributed by atoms with Gasteiger partial charge in [0.15, 0.2) is 5.82 Å². The van der Waals surface area contributed by atoms with Gasteiger partial charge in [0, 0.05) is 30.3 Å². The predicted molar refractivity (Wildman–Crippen MR) is 104 cm³/mol. The van der Waals surface area contributed by atoms with E-state index >= 15 is 0 Å². The SMILES string of the molecule is CNc1nc(-c2ccccn2)nc2c(OC)cc(-c3ccc(F)cc3F)cc12. The van der Waals surface area contributed by atoms with Gasteiger partial charge in [0.25, 0.3) is 0 Å². The second kappa shape index (κ2) is 7.19. The van der Waals surface area contributed by atoms with Crippen LogP contribution in [0.3, 0.4) is 0 Å². The number of rotatable bonds is 4. The first-order chi connectivity index (χ1) is 13.6. The molecule has 0 fully saturated rings. The minimum Gasteiger partial charge on any atom is -0.494 e. The highest BCUT2D eigenvalue weighted by Crippen LogP contribution is 2.36. The Kier molecular flexibility index (Phi) is 4.57. The van der Waals surface area contributed by atoms with Crippen molar-refractivity contribution < 1.29 is 13.5 Å². The highest BCUT2D eigenvalue weighted by molar-refractivity contribution is 5.97. The molecule has 5 nitrogen and oxygen atoms in total. The van der Waals surface area contributed by atoms with E-state index in [2.05, 4.69) is 20.3 Å². The fourth-order valence-corrected chi connectivity index (χ4v) is 3.04. The second-order valence-electron chi connectivity index (χ2n) is 6.06. The molecule has 0 aliphatic heterocycles. The normalized spacial score (nSPS) is 10.9. The number of fused-ring (bicyclic) bond motifs is 1. The third-order valence-electron chi connectivity index (χ3n) is 4.36. The third-order valence-corrected chi connectivity index (χ3v) is 4.36.